The van der Waals surface area contributed by atoms with E-state index in [1.807, 2.05) is 24.3 Å². The van der Waals surface area contributed by atoms with E-state index < -0.39 is 0 Å². The van der Waals surface area contributed by atoms with Gasteiger partial charge in [0, 0.05) is 0 Å². The van der Waals surface area contributed by atoms with Gasteiger partial charge >= 0.3 is 0 Å². The Kier molecular flexibility index (Phi) is 1.19. The van der Waals surface area contributed by atoms with Gasteiger partial charge in [0.05, 0.1) is 11.8 Å². The van der Waals surface area contributed by atoms with Crippen molar-refractivity contribution in [1.82, 2.24) is 5.01 Å². The van der Waals surface area contributed by atoms with E-state index in [0.29, 0.717) is 6.67 Å². The first kappa shape index (κ1) is 5.82. The van der Waals surface area contributed by atoms with E-state index in [9.17, 15) is 0 Å². The van der Waals surface area contributed by atoms with Crippen LogP contribution in [0.3, 0.4) is 0 Å². The van der Waals surface area contributed by atoms with Gasteiger partial charge in [0.15, 0.2) is 0 Å². The summed E-state index contributed by atoms with van der Waals surface area (Å²) in [6.07, 6.45) is 8.02. The highest BCUT2D eigenvalue weighted by Crippen LogP contribution is 2.11. The van der Waals surface area contributed by atoms with E-state index in [1.54, 1.807) is 5.01 Å². The zero-order valence-corrected chi connectivity index (χ0v) is 5.57. The van der Waals surface area contributed by atoms with Crippen LogP contribution in [-0.2, 0) is 0 Å². The summed E-state index contributed by atoms with van der Waals surface area (Å²) in [5, 5.41) is 1.72. The Labute approximate surface area is 59.5 Å². The Balaban J connectivity index is 2.30. The van der Waals surface area contributed by atoms with Crippen LogP contribution in [0.5, 0.6) is 0 Å². The van der Waals surface area contributed by atoms with E-state index in [0.717, 1.165) is 5.71 Å². The fourth-order valence-electron chi connectivity index (χ4n) is 1.20. The van der Waals surface area contributed by atoms with Crippen LogP contribution in [0.2, 0.25) is 0 Å². The monoisotopic (exact) mass is 135 g/mol. The van der Waals surface area contributed by atoms with E-state index in [4.69, 9.17) is 5.84 Å². The molecule has 0 aromatic rings. The van der Waals surface area contributed by atoms with Crippen molar-refractivity contribution in [1.29, 1.82) is 0 Å². The number of rotatable bonds is 0. The highest BCUT2D eigenvalue weighted by Gasteiger charge is 2.22. The Morgan fingerprint density at radius 3 is 3.30 bits per heavy atom. The molecule has 0 fully saturated rings. The second-order valence-corrected chi connectivity index (χ2v) is 2.43. The summed E-state index contributed by atoms with van der Waals surface area (Å²) in [6, 6.07) is 0.227. The van der Waals surface area contributed by atoms with Crippen molar-refractivity contribution in [3.63, 3.8) is 0 Å². The normalized spacial score (nSPS) is 30.5. The molecule has 1 aliphatic heterocycles. The van der Waals surface area contributed by atoms with Gasteiger partial charge < -0.3 is 0 Å². The summed E-state index contributed by atoms with van der Waals surface area (Å²) in [5.74, 6) is 5.62. The zero-order chi connectivity index (χ0) is 6.97. The lowest BCUT2D eigenvalue weighted by Gasteiger charge is -2.16. The van der Waals surface area contributed by atoms with Crippen LogP contribution in [0.4, 0.5) is 0 Å². The van der Waals surface area contributed by atoms with E-state index >= 15 is 0 Å². The van der Waals surface area contributed by atoms with Gasteiger partial charge in [-0.2, -0.15) is 0 Å². The lowest BCUT2D eigenvalue weighted by molar-refractivity contribution is 0.313. The first-order valence-electron chi connectivity index (χ1n) is 3.28. The predicted molar refractivity (Wildman–Crippen MR) is 40.4 cm³/mol. The SMILES string of the molecule is NN1CN=C2C=CC=CC21. The summed E-state index contributed by atoms with van der Waals surface area (Å²) in [5.41, 5.74) is 1.07. The molecule has 0 saturated heterocycles. The van der Waals surface area contributed by atoms with Crippen LogP contribution >= 0.6 is 0 Å². The number of hydrogen-bond acceptors (Lipinski definition) is 3. The van der Waals surface area contributed by atoms with Gasteiger partial charge in [-0.1, -0.05) is 18.2 Å². The number of fused-ring (bicyclic) bond motifs is 1. The Bertz CT molecular complexity index is 227. The van der Waals surface area contributed by atoms with Crippen LogP contribution in [-0.4, -0.2) is 23.4 Å². The Morgan fingerprint density at radius 1 is 1.60 bits per heavy atom. The minimum absolute atomic E-state index is 0.227. The molecule has 3 heteroatoms. The number of hydrogen-bond donors (Lipinski definition) is 1. The average molecular weight is 135 g/mol. The first-order valence-corrected chi connectivity index (χ1v) is 3.28. The van der Waals surface area contributed by atoms with Gasteiger partial charge in [0.1, 0.15) is 6.67 Å². The minimum Gasteiger partial charge on any atom is -0.271 e. The second-order valence-electron chi connectivity index (χ2n) is 2.43. The fraction of sp³-hybridized carbons (Fsp3) is 0.286. The van der Waals surface area contributed by atoms with Gasteiger partial charge in [-0.3, -0.25) is 10.8 Å². The van der Waals surface area contributed by atoms with Crippen molar-refractivity contribution in [2.45, 2.75) is 6.04 Å². The van der Waals surface area contributed by atoms with Gasteiger partial charge in [0.25, 0.3) is 0 Å². The summed E-state index contributed by atoms with van der Waals surface area (Å²) in [7, 11) is 0. The molecule has 0 saturated carbocycles. The van der Waals surface area contributed by atoms with Crippen molar-refractivity contribution in [2.24, 2.45) is 10.8 Å². The molecule has 0 bridgehead atoms. The molecule has 1 atom stereocenters. The molecular formula is C7H9N3. The van der Waals surface area contributed by atoms with Crippen LogP contribution < -0.4 is 5.84 Å². The third-order valence-electron chi connectivity index (χ3n) is 1.75. The van der Waals surface area contributed by atoms with Crippen molar-refractivity contribution in [2.75, 3.05) is 6.67 Å². The molecule has 10 heavy (non-hydrogen) atoms. The van der Waals surface area contributed by atoms with Gasteiger partial charge in [-0.15, -0.1) is 0 Å². The second kappa shape index (κ2) is 2.04. The highest BCUT2D eigenvalue weighted by atomic mass is 15.5. The van der Waals surface area contributed by atoms with E-state index in [1.165, 1.54) is 0 Å². The molecule has 52 valence electrons. The van der Waals surface area contributed by atoms with Crippen molar-refractivity contribution in [3.8, 4) is 0 Å². The van der Waals surface area contributed by atoms with Gasteiger partial charge in [-0.05, 0) is 6.08 Å². The Hall–Kier alpha value is -0.930. The van der Waals surface area contributed by atoms with E-state index in [-0.39, 0.29) is 6.04 Å². The Morgan fingerprint density at radius 2 is 2.50 bits per heavy atom. The third kappa shape index (κ3) is 0.716. The smallest absolute Gasteiger partial charge is 0.105 e. The number of hydrazine groups is 1. The predicted octanol–water partition coefficient (Wildman–Crippen LogP) is 0.0688. The number of nitrogens with zero attached hydrogens (tertiary/aromatic N) is 2. The highest BCUT2D eigenvalue weighted by molar-refractivity contribution is 6.02. The number of aliphatic imine (C=N–C) groups is 1. The first-order chi connectivity index (χ1) is 4.88. The van der Waals surface area contributed by atoms with Gasteiger partial charge in [0.2, 0.25) is 0 Å². The molecule has 3 nitrogen and oxygen atoms in total. The maximum Gasteiger partial charge on any atom is 0.105 e. The summed E-state index contributed by atoms with van der Waals surface area (Å²) in [4.78, 5) is 4.22. The molecule has 1 unspecified atom stereocenters. The summed E-state index contributed by atoms with van der Waals surface area (Å²) >= 11 is 0. The summed E-state index contributed by atoms with van der Waals surface area (Å²) < 4.78 is 0. The van der Waals surface area contributed by atoms with Crippen molar-refractivity contribution >= 4 is 5.71 Å². The topological polar surface area (TPSA) is 41.6 Å². The lowest BCUT2D eigenvalue weighted by atomic mass is 10.1. The molecule has 2 N–H and O–H groups in total. The molecule has 0 amide bonds. The molecule has 1 aliphatic carbocycles. The maximum atomic E-state index is 5.62. The zero-order valence-electron chi connectivity index (χ0n) is 5.57. The average Bonchev–Trinajstić information content (AvgIpc) is 2.34. The largest absolute Gasteiger partial charge is 0.271 e. The van der Waals surface area contributed by atoms with Crippen molar-refractivity contribution < 1.29 is 0 Å². The van der Waals surface area contributed by atoms with Crippen molar-refractivity contribution in [3.05, 3.63) is 24.3 Å². The number of allylic oxidation sites excluding steroid dienone is 2. The van der Waals surface area contributed by atoms with Crippen LogP contribution in [0.25, 0.3) is 0 Å². The van der Waals surface area contributed by atoms with Crippen LogP contribution in [0.15, 0.2) is 29.3 Å². The molecule has 0 radical (unpaired) electrons. The third-order valence-corrected chi connectivity index (χ3v) is 1.75. The molecule has 0 aromatic carbocycles. The molecule has 2 aliphatic rings. The molecule has 0 aromatic heterocycles. The minimum atomic E-state index is 0.227. The number of nitrogens with two attached hydrogens (primary N) is 1. The molecular weight excluding hydrogens is 126 g/mol. The van der Waals surface area contributed by atoms with Crippen LogP contribution in [0, 0.1) is 0 Å². The quantitative estimate of drug-likeness (QED) is 0.477. The van der Waals surface area contributed by atoms with Gasteiger partial charge in [-0.25, -0.2) is 5.01 Å². The molecule has 1 heterocycles. The maximum absolute atomic E-state index is 5.62. The van der Waals surface area contributed by atoms with Crippen LogP contribution in [0.1, 0.15) is 0 Å². The summed E-state index contributed by atoms with van der Waals surface area (Å²) in [6.45, 7) is 0.620. The molecule has 0 spiro atoms. The standard InChI is InChI=1S/C7H9N3/c8-10-5-9-6-3-1-2-4-7(6)10/h1-4,7H,5,8H2. The van der Waals surface area contributed by atoms with E-state index in [2.05, 4.69) is 4.99 Å². The fourth-order valence-corrected chi connectivity index (χ4v) is 1.20. The lowest BCUT2D eigenvalue weighted by Crippen LogP contribution is -2.39. The molecule has 2 rings (SSSR count).